The molecule has 0 radical (unpaired) electrons. The molecule has 2 aromatic rings. The van der Waals surface area contributed by atoms with E-state index >= 15 is 0 Å². The van der Waals surface area contributed by atoms with Gasteiger partial charge in [-0.25, -0.2) is 9.97 Å². The second-order valence-electron chi connectivity index (χ2n) is 3.39. The number of halogens is 1. The van der Waals surface area contributed by atoms with Crippen LogP contribution < -0.4 is 5.32 Å². The quantitative estimate of drug-likeness (QED) is 0.831. The third-order valence-corrected chi connectivity index (χ3v) is 2.65. The molecule has 0 saturated carbocycles. The summed E-state index contributed by atoms with van der Waals surface area (Å²) in [5, 5.41) is 3.68. The summed E-state index contributed by atoms with van der Waals surface area (Å²) in [7, 11) is 0. The van der Waals surface area contributed by atoms with Crippen LogP contribution in [0.3, 0.4) is 0 Å². The van der Waals surface area contributed by atoms with Crippen LogP contribution in [0.15, 0.2) is 29.1 Å². The summed E-state index contributed by atoms with van der Waals surface area (Å²) in [4.78, 5) is 8.01. The number of nitrogens with zero attached hydrogens (tertiary/aromatic N) is 2. The van der Waals surface area contributed by atoms with Gasteiger partial charge in [-0.15, -0.1) is 0 Å². The Bertz CT molecular complexity index is 456. The molecular formula is C11H12ClN3O. The first kappa shape index (κ1) is 11.0. The topological polar surface area (TPSA) is 51.0 Å². The van der Waals surface area contributed by atoms with Crippen molar-refractivity contribution in [1.82, 2.24) is 9.97 Å². The van der Waals surface area contributed by atoms with E-state index in [0.717, 1.165) is 30.1 Å². The fraction of sp³-hybridized carbons (Fsp3) is 0.273. The first-order chi connectivity index (χ1) is 7.77. The molecule has 0 aliphatic rings. The van der Waals surface area contributed by atoms with Gasteiger partial charge in [0, 0.05) is 18.5 Å². The highest BCUT2D eigenvalue weighted by Gasteiger charge is 2.04. The highest BCUT2D eigenvalue weighted by atomic mass is 35.5. The molecule has 4 nitrogen and oxygen atoms in total. The molecular weight excluding hydrogens is 226 g/mol. The Hall–Kier alpha value is -1.55. The maximum atomic E-state index is 5.88. The zero-order valence-electron chi connectivity index (χ0n) is 8.90. The van der Waals surface area contributed by atoms with Gasteiger partial charge >= 0.3 is 0 Å². The standard InChI is InChI=1S/C11H12ClN3O/c1-8-10(12)14-7-15-11(8)13-5-4-9-3-2-6-16-9/h2-3,6-7H,4-5H2,1H3,(H,13,14,15). The summed E-state index contributed by atoms with van der Waals surface area (Å²) in [5.74, 6) is 1.72. The Morgan fingerprint density at radius 2 is 2.31 bits per heavy atom. The maximum Gasteiger partial charge on any atom is 0.137 e. The normalized spacial score (nSPS) is 10.4. The highest BCUT2D eigenvalue weighted by molar-refractivity contribution is 6.30. The molecule has 0 saturated heterocycles. The number of furan rings is 1. The molecule has 2 aromatic heterocycles. The molecule has 0 aromatic carbocycles. The van der Waals surface area contributed by atoms with Crippen molar-refractivity contribution in [3.8, 4) is 0 Å². The number of nitrogens with one attached hydrogen (secondary N) is 1. The van der Waals surface area contributed by atoms with Crippen molar-refractivity contribution in [3.63, 3.8) is 0 Å². The minimum Gasteiger partial charge on any atom is -0.469 e. The second-order valence-corrected chi connectivity index (χ2v) is 3.75. The van der Waals surface area contributed by atoms with Crippen molar-refractivity contribution in [2.45, 2.75) is 13.3 Å². The fourth-order valence-electron chi connectivity index (χ4n) is 1.37. The third-order valence-electron chi connectivity index (χ3n) is 2.27. The lowest BCUT2D eigenvalue weighted by atomic mass is 10.3. The van der Waals surface area contributed by atoms with Crippen LogP contribution >= 0.6 is 11.6 Å². The van der Waals surface area contributed by atoms with Gasteiger partial charge in [0.1, 0.15) is 23.1 Å². The lowest BCUT2D eigenvalue weighted by Gasteiger charge is -2.07. The largest absolute Gasteiger partial charge is 0.469 e. The zero-order chi connectivity index (χ0) is 11.4. The van der Waals surface area contributed by atoms with Crippen LogP contribution in [-0.2, 0) is 6.42 Å². The van der Waals surface area contributed by atoms with Crippen molar-refractivity contribution in [2.75, 3.05) is 11.9 Å². The Balaban J connectivity index is 1.92. The van der Waals surface area contributed by atoms with Gasteiger partial charge in [-0.2, -0.15) is 0 Å². The summed E-state index contributed by atoms with van der Waals surface area (Å²) in [5.41, 5.74) is 0.864. The van der Waals surface area contributed by atoms with Crippen LogP contribution in [-0.4, -0.2) is 16.5 Å². The van der Waals surface area contributed by atoms with Gasteiger partial charge in [-0.3, -0.25) is 0 Å². The van der Waals surface area contributed by atoms with Crippen LogP contribution in [0.5, 0.6) is 0 Å². The van der Waals surface area contributed by atoms with E-state index in [1.165, 1.54) is 6.33 Å². The first-order valence-corrected chi connectivity index (χ1v) is 5.38. The Labute approximate surface area is 98.7 Å². The maximum absolute atomic E-state index is 5.88. The summed E-state index contributed by atoms with van der Waals surface area (Å²) in [6.07, 6.45) is 3.93. The average Bonchev–Trinajstić information content (AvgIpc) is 2.77. The van der Waals surface area contributed by atoms with Gasteiger partial charge < -0.3 is 9.73 Å². The lowest BCUT2D eigenvalue weighted by Crippen LogP contribution is -2.07. The SMILES string of the molecule is Cc1c(Cl)ncnc1NCCc1ccco1. The van der Waals surface area contributed by atoms with Crippen molar-refractivity contribution in [3.05, 3.63) is 41.2 Å². The molecule has 0 amide bonds. The second kappa shape index (κ2) is 4.99. The number of aromatic nitrogens is 2. The van der Waals surface area contributed by atoms with Crippen molar-refractivity contribution >= 4 is 17.4 Å². The molecule has 0 aliphatic heterocycles. The average molecular weight is 238 g/mol. The van der Waals surface area contributed by atoms with Gasteiger partial charge in [-0.05, 0) is 19.1 Å². The van der Waals surface area contributed by atoms with E-state index in [2.05, 4.69) is 15.3 Å². The molecule has 0 spiro atoms. The van der Waals surface area contributed by atoms with Crippen LogP contribution in [0.1, 0.15) is 11.3 Å². The van der Waals surface area contributed by atoms with Gasteiger partial charge in [-0.1, -0.05) is 11.6 Å². The lowest BCUT2D eigenvalue weighted by molar-refractivity contribution is 0.513. The van der Waals surface area contributed by atoms with Gasteiger partial charge in [0.05, 0.1) is 6.26 Å². The molecule has 1 N–H and O–H groups in total. The van der Waals surface area contributed by atoms with E-state index < -0.39 is 0 Å². The Morgan fingerprint density at radius 1 is 1.44 bits per heavy atom. The number of hydrogen-bond acceptors (Lipinski definition) is 4. The summed E-state index contributed by atoms with van der Waals surface area (Å²) in [6, 6.07) is 3.82. The third kappa shape index (κ3) is 2.52. The van der Waals surface area contributed by atoms with Crippen molar-refractivity contribution < 1.29 is 4.42 Å². The summed E-state index contributed by atoms with van der Waals surface area (Å²) in [6.45, 7) is 2.64. The van der Waals surface area contributed by atoms with E-state index in [1.807, 2.05) is 19.1 Å². The van der Waals surface area contributed by atoms with E-state index in [1.54, 1.807) is 6.26 Å². The molecule has 2 heterocycles. The molecule has 0 fully saturated rings. The number of anilines is 1. The number of rotatable bonds is 4. The molecule has 2 rings (SSSR count). The molecule has 0 unspecified atom stereocenters. The smallest absolute Gasteiger partial charge is 0.137 e. The van der Waals surface area contributed by atoms with Gasteiger partial charge in [0.25, 0.3) is 0 Å². The molecule has 0 atom stereocenters. The van der Waals surface area contributed by atoms with Crippen molar-refractivity contribution in [1.29, 1.82) is 0 Å². The van der Waals surface area contributed by atoms with E-state index in [0.29, 0.717) is 5.15 Å². The predicted molar refractivity (Wildman–Crippen MR) is 62.7 cm³/mol. The molecule has 0 bridgehead atoms. The van der Waals surface area contributed by atoms with Gasteiger partial charge in [0.15, 0.2) is 0 Å². The van der Waals surface area contributed by atoms with Crippen LogP contribution in [0.4, 0.5) is 5.82 Å². The molecule has 16 heavy (non-hydrogen) atoms. The minimum atomic E-state index is 0.482. The number of hydrogen-bond donors (Lipinski definition) is 1. The Morgan fingerprint density at radius 3 is 3.06 bits per heavy atom. The van der Waals surface area contributed by atoms with Crippen LogP contribution in [0.25, 0.3) is 0 Å². The Kier molecular flexibility index (Phi) is 3.41. The van der Waals surface area contributed by atoms with E-state index in [-0.39, 0.29) is 0 Å². The molecule has 5 heteroatoms. The summed E-state index contributed by atoms with van der Waals surface area (Å²) >= 11 is 5.88. The fourth-order valence-corrected chi connectivity index (χ4v) is 1.50. The van der Waals surface area contributed by atoms with Gasteiger partial charge in [0.2, 0.25) is 0 Å². The van der Waals surface area contributed by atoms with Crippen LogP contribution in [0, 0.1) is 6.92 Å². The van der Waals surface area contributed by atoms with E-state index in [4.69, 9.17) is 16.0 Å². The monoisotopic (exact) mass is 237 g/mol. The predicted octanol–water partition coefficient (Wildman–Crippen LogP) is 2.69. The minimum absolute atomic E-state index is 0.482. The van der Waals surface area contributed by atoms with Crippen LogP contribution in [0.2, 0.25) is 5.15 Å². The van der Waals surface area contributed by atoms with Crippen molar-refractivity contribution in [2.24, 2.45) is 0 Å². The molecule has 84 valence electrons. The zero-order valence-corrected chi connectivity index (χ0v) is 9.66. The molecule has 0 aliphatic carbocycles. The van der Waals surface area contributed by atoms with E-state index in [9.17, 15) is 0 Å². The summed E-state index contributed by atoms with van der Waals surface area (Å²) < 4.78 is 5.23. The first-order valence-electron chi connectivity index (χ1n) is 5.00. The highest BCUT2D eigenvalue weighted by Crippen LogP contribution is 2.17.